The Labute approximate surface area is 163 Å². The van der Waals surface area contributed by atoms with Crippen molar-refractivity contribution in [1.29, 1.82) is 0 Å². The second-order valence-electron chi connectivity index (χ2n) is 7.18. The molecule has 0 aliphatic carbocycles. The van der Waals surface area contributed by atoms with Crippen LogP contribution in [0, 0.1) is 13.8 Å². The van der Waals surface area contributed by atoms with Crippen molar-refractivity contribution in [2.45, 2.75) is 33.2 Å². The number of nitrogens with zero attached hydrogens (tertiary/aromatic N) is 4. The van der Waals surface area contributed by atoms with E-state index in [0.717, 1.165) is 35.5 Å². The predicted molar refractivity (Wildman–Crippen MR) is 106 cm³/mol. The predicted octanol–water partition coefficient (Wildman–Crippen LogP) is 1.88. The van der Waals surface area contributed by atoms with Gasteiger partial charge in [-0.15, -0.1) is 0 Å². The number of hydrogen-bond donors (Lipinski definition) is 1. The monoisotopic (exact) mass is 377 g/mol. The van der Waals surface area contributed by atoms with Crippen LogP contribution < -0.4 is 5.69 Å². The average molecular weight is 377 g/mol. The molecule has 28 heavy (non-hydrogen) atoms. The summed E-state index contributed by atoms with van der Waals surface area (Å²) in [5, 5.41) is 7.64. The Morgan fingerprint density at radius 2 is 1.89 bits per heavy atom. The van der Waals surface area contributed by atoms with Gasteiger partial charge in [0, 0.05) is 47.7 Å². The van der Waals surface area contributed by atoms with Crippen LogP contribution in [0.5, 0.6) is 0 Å². The maximum atomic E-state index is 12.9. The van der Waals surface area contributed by atoms with Crippen molar-refractivity contribution in [2.24, 2.45) is 0 Å². The molecular weight excluding hydrogens is 354 g/mol. The highest BCUT2D eigenvalue weighted by Gasteiger charge is 2.23. The van der Waals surface area contributed by atoms with Gasteiger partial charge in [-0.2, -0.15) is 10.1 Å². The van der Waals surface area contributed by atoms with Gasteiger partial charge in [0.15, 0.2) is 0 Å². The molecule has 1 amide bonds. The van der Waals surface area contributed by atoms with E-state index in [1.165, 1.54) is 10.1 Å². The van der Waals surface area contributed by atoms with E-state index in [1.54, 1.807) is 6.92 Å². The van der Waals surface area contributed by atoms with Gasteiger partial charge >= 0.3 is 5.69 Å². The molecule has 0 saturated heterocycles. The second-order valence-corrected chi connectivity index (χ2v) is 7.18. The van der Waals surface area contributed by atoms with Crippen molar-refractivity contribution in [1.82, 2.24) is 24.6 Å². The van der Waals surface area contributed by atoms with Gasteiger partial charge in [0.25, 0.3) is 0 Å². The number of fused-ring (bicyclic) bond motifs is 1. The molecule has 0 atom stereocenters. The van der Waals surface area contributed by atoms with Gasteiger partial charge in [0.2, 0.25) is 5.91 Å². The average Bonchev–Trinajstić information content (AvgIpc) is 2.96. The van der Waals surface area contributed by atoms with Gasteiger partial charge in [0.05, 0.1) is 5.69 Å². The van der Waals surface area contributed by atoms with E-state index in [0.29, 0.717) is 18.8 Å². The molecule has 7 heteroatoms. The number of aryl methyl sites for hydroxylation is 2. The van der Waals surface area contributed by atoms with E-state index >= 15 is 0 Å². The van der Waals surface area contributed by atoms with E-state index < -0.39 is 0 Å². The topological polar surface area (TPSA) is 83.9 Å². The van der Waals surface area contributed by atoms with Gasteiger partial charge in [-0.3, -0.25) is 14.5 Å². The first-order valence-corrected chi connectivity index (χ1v) is 9.47. The van der Waals surface area contributed by atoms with Gasteiger partial charge in [0.1, 0.15) is 6.54 Å². The molecule has 0 bridgehead atoms. The summed E-state index contributed by atoms with van der Waals surface area (Å²) >= 11 is 0. The van der Waals surface area contributed by atoms with Crippen LogP contribution in [0.25, 0.3) is 11.3 Å². The highest BCUT2D eigenvalue weighted by molar-refractivity contribution is 5.76. The van der Waals surface area contributed by atoms with Crippen molar-refractivity contribution in [2.75, 3.05) is 13.1 Å². The summed E-state index contributed by atoms with van der Waals surface area (Å²) in [7, 11) is 0. The smallest absolute Gasteiger partial charge is 0.340 e. The van der Waals surface area contributed by atoms with Gasteiger partial charge < -0.3 is 4.90 Å². The fraction of sp³-hybridized carbons (Fsp3) is 0.333. The fourth-order valence-electron chi connectivity index (χ4n) is 3.77. The lowest BCUT2D eigenvalue weighted by Gasteiger charge is -2.21. The molecule has 3 aromatic rings. The number of aromatic amines is 1. The molecule has 2 aromatic heterocycles. The van der Waals surface area contributed by atoms with Crippen LogP contribution in [0.15, 0.2) is 41.2 Å². The number of nitrogens with one attached hydrogen (secondary N) is 1. The number of aromatic nitrogens is 4. The van der Waals surface area contributed by atoms with Gasteiger partial charge in [-0.05, 0) is 26.3 Å². The summed E-state index contributed by atoms with van der Waals surface area (Å²) in [6, 6.07) is 11.9. The molecule has 3 heterocycles. The summed E-state index contributed by atoms with van der Waals surface area (Å²) in [5.74, 6) is -0.0600. The van der Waals surface area contributed by atoms with E-state index in [9.17, 15) is 9.59 Å². The summed E-state index contributed by atoms with van der Waals surface area (Å²) in [5.41, 5.74) is 5.34. The van der Waals surface area contributed by atoms with Crippen molar-refractivity contribution in [3.05, 3.63) is 69.5 Å². The highest BCUT2D eigenvalue weighted by Crippen LogP contribution is 2.26. The first-order chi connectivity index (χ1) is 13.5. The largest absolute Gasteiger partial charge is 0.348 e. The number of rotatable bonds is 3. The maximum absolute atomic E-state index is 12.9. The highest BCUT2D eigenvalue weighted by atomic mass is 16.2. The Morgan fingerprint density at radius 1 is 1.14 bits per heavy atom. The summed E-state index contributed by atoms with van der Waals surface area (Å²) in [4.78, 5) is 30.8. The number of benzene rings is 1. The van der Waals surface area contributed by atoms with Crippen molar-refractivity contribution >= 4 is 5.91 Å². The quantitative estimate of drug-likeness (QED) is 0.755. The molecule has 144 valence electrons. The van der Waals surface area contributed by atoms with E-state index in [1.807, 2.05) is 48.2 Å². The number of carbonyl (C=O) groups excluding carboxylic acids is 1. The van der Waals surface area contributed by atoms with Crippen LogP contribution >= 0.6 is 0 Å². The zero-order valence-electron chi connectivity index (χ0n) is 16.1. The standard InChI is InChI=1S/C21H23N5O2/c1-14-12-15(2)26(21(28)22-14)13-19(27)25-10-8-17-18(9-11-25)23-24-20(17)16-6-4-3-5-7-16/h3-7,12H,8-11,13H2,1-2H3,(H,23,24). The van der Waals surface area contributed by atoms with Crippen LogP contribution in [0.3, 0.4) is 0 Å². The number of carbonyl (C=O) groups is 1. The van der Waals surface area contributed by atoms with Gasteiger partial charge in [-0.25, -0.2) is 4.79 Å². The normalized spacial score (nSPS) is 13.9. The third-order valence-corrected chi connectivity index (χ3v) is 5.26. The Hall–Kier alpha value is -3.22. The number of hydrogen-bond acceptors (Lipinski definition) is 4. The van der Waals surface area contributed by atoms with Crippen molar-refractivity contribution in [3.63, 3.8) is 0 Å². The lowest BCUT2D eigenvalue weighted by atomic mass is 10.0. The molecule has 4 rings (SSSR count). The lowest BCUT2D eigenvalue weighted by molar-refractivity contribution is -0.131. The molecule has 0 unspecified atom stereocenters. The molecule has 0 fully saturated rings. The SMILES string of the molecule is Cc1cc(C)n(CC(=O)N2CCc3[nH]nc(-c4ccccc4)c3CC2)c(=O)n1. The molecule has 1 aliphatic heterocycles. The molecular formula is C21H23N5O2. The second kappa shape index (κ2) is 7.42. The molecule has 0 radical (unpaired) electrons. The van der Waals surface area contributed by atoms with Crippen molar-refractivity contribution < 1.29 is 4.79 Å². The molecule has 1 N–H and O–H groups in total. The van der Waals surface area contributed by atoms with E-state index in [2.05, 4.69) is 15.2 Å². The first-order valence-electron chi connectivity index (χ1n) is 9.47. The minimum absolute atomic E-state index is 0.0235. The molecule has 7 nitrogen and oxygen atoms in total. The summed E-state index contributed by atoms with van der Waals surface area (Å²) < 4.78 is 1.44. The molecule has 0 spiro atoms. The van der Waals surface area contributed by atoms with Gasteiger partial charge in [-0.1, -0.05) is 30.3 Å². The Morgan fingerprint density at radius 3 is 2.64 bits per heavy atom. The zero-order chi connectivity index (χ0) is 19.7. The fourth-order valence-corrected chi connectivity index (χ4v) is 3.77. The Balaban J connectivity index is 1.51. The summed E-state index contributed by atoms with van der Waals surface area (Å²) in [6.07, 6.45) is 1.46. The van der Waals surface area contributed by atoms with E-state index in [-0.39, 0.29) is 18.1 Å². The maximum Gasteiger partial charge on any atom is 0.348 e. The Bertz CT molecular complexity index is 1070. The number of amides is 1. The first kappa shape index (κ1) is 18.2. The van der Waals surface area contributed by atoms with Crippen LogP contribution in [0.2, 0.25) is 0 Å². The molecule has 1 aliphatic rings. The van der Waals surface area contributed by atoms with Crippen LogP contribution in [-0.2, 0) is 24.2 Å². The zero-order valence-corrected chi connectivity index (χ0v) is 16.1. The minimum Gasteiger partial charge on any atom is -0.340 e. The summed E-state index contributed by atoms with van der Waals surface area (Å²) in [6.45, 7) is 4.85. The molecule has 0 saturated carbocycles. The minimum atomic E-state index is -0.374. The van der Waals surface area contributed by atoms with Crippen molar-refractivity contribution in [3.8, 4) is 11.3 Å². The van der Waals surface area contributed by atoms with Crippen LogP contribution in [-0.4, -0.2) is 43.6 Å². The van der Waals surface area contributed by atoms with Crippen LogP contribution in [0.1, 0.15) is 22.6 Å². The lowest BCUT2D eigenvalue weighted by Crippen LogP contribution is -2.39. The van der Waals surface area contributed by atoms with Crippen LogP contribution in [0.4, 0.5) is 0 Å². The van der Waals surface area contributed by atoms with E-state index in [4.69, 9.17) is 0 Å². The number of H-pyrrole nitrogens is 1. The Kier molecular flexibility index (Phi) is 4.81. The third kappa shape index (κ3) is 3.47. The third-order valence-electron chi connectivity index (χ3n) is 5.26. The molecule has 1 aromatic carbocycles.